The van der Waals surface area contributed by atoms with Crippen LogP contribution in [0.1, 0.15) is 5.56 Å². The molecule has 1 N–H and O–H groups in total. The number of benzene rings is 1. The standard InChI is InChI=1S/C13H12Cl2N2O3S/c1-20-10-2-3-11(13(15)12(10)14)21(18,19)17-8-9-4-6-16-7-5-9/h2-7,17H,8H2,1H3. The lowest BCUT2D eigenvalue weighted by Crippen LogP contribution is -2.23. The van der Waals surface area contributed by atoms with Gasteiger partial charge in [0.1, 0.15) is 15.7 Å². The molecular weight excluding hydrogens is 335 g/mol. The Morgan fingerprint density at radius 3 is 2.43 bits per heavy atom. The third-order valence-electron chi connectivity index (χ3n) is 2.74. The van der Waals surface area contributed by atoms with Crippen molar-refractivity contribution in [3.05, 3.63) is 52.3 Å². The average Bonchev–Trinajstić information content (AvgIpc) is 2.49. The van der Waals surface area contributed by atoms with Gasteiger partial charge in [-0.15, -0.1) is 0 Å². The highest BCUT2D eigenvalue weighted by molar-refractivity contribution is 7.89. The highest BCUT2D eigenvalue weighted by atomic mass is 35.5. The Bertz CT molecular complexity index is 737. The minimum atomic E-state index is -3.78. The van der Waals surface area contributed by atoms with Crippen LogP contribution in [0, 0.1) is 0 Å². The summed E-state index contributed by atoms with van der Waals surface area (Å²) in [7, 11) is -2.35. The largest absolute Gasteiger partial charge is 0.495 e. The molecule has 1 aromatic carbocycles. The minimum absolute atomic E-state index is 0.0611. The van der Waals surface area contributed by atoms with Crippen LogP contribution in [0.2, 0.25) is 10.0 Å². The highest BCUT2D eigenvalue weighted by Crippen LogP contribution is 2.36. The van der Waals surface area contributed by atoms with E-state index in [1.165, 1.54) is 19.2 Å². The molecule has 0 aliphatic rings. The summed E-state index contributed by atoms with van der Waals surface area (Å²) in [6, 6.07) is 6.23. The normalized spacial score (nSPS) is 11.4. The molecule has 112 valence electrons. The fraction of sp³-hybridized carbons (Fsp3) is 0.154. The van der Waals surface area contributed by atoms with Crippen LogP contribution in [0.4, 0.5) is 0 Å². The van der Waals surface area contributed by atoms with E-state index < -0.39 is 10.0 Å². The van der Waals surface area contributed by atoms with E-state index in [0.29, 0.717) is 5.75 Å². The predicted octanol–water partition coefficient (Wildman–Crippen LogP) is 2.88. The number of nitrogens with zero attached hydrogens (tertiary/aromatic N) is 1. The van der Waals surface area contributed by atoms with Crippen LogP contribution < -0.4 is 9.46 Å². The van der Waals surface area contributed by atoms with E-state index in [1.54, 1.807) is 24.5 Å². The zero-order valence-corrected chi connectivity index (χ0v) is 13.3. The van der Waals surface area contributed by atoms with E-state index in [4.69, 9.17) is 27.9 Å². The fourth-order valence-electron chi connectivity index (χ4n) is 1.64. The van der Waals surface area contributed by atoms with Gasteiger partial charge in [-0.05, 0) is 29.8 Å². The molecule has 21 heavy (non-hydrogen) atoms. The first kappa shape index (κ1) is 16.0. The highest BCUT2D eigenvalue weighted by Gasteiger charge is 2.21. The Balaban J connectivity index is 2.26. The van der Waals surface area contributed by atoms with Gasteiger partial charge in [-0.3, -0.25) is 4.98 Å². The van der Waals surface area contributed by atoms with Crippen LogP contribution in [0.15, 0.2) is 41.6 Å². The van der Waals surface area contributed by atoms with Crippen LogP contribution in [0.5, 0.6) is 5.75 Å². The lowest BCUT2D eigenvalue weighted by molar-refractivity contribution is 0.414. The fourth-order valence-corrected chi connectivity index (χ4v) is 3.49. The number of methoxy groups -OCH3 is 1. The second-order valence-electron chi connectivity index (χ2n) is 4.07. The van der Waals surface area contributed by atoms with Crippen LogP contribution in [-0.2, 0) is 16.6 Å². The molecule has 0 aliphatic carbocycles. The third kappa shape index (κ3) is 3.65. The maximum absolute atomic E-state index is 12.3. The molecular formula is C13H12Cl2N2O3S. The number of hydrogen-bond donors (Lipinski definition) is 1. The number of halogens is 2. The molecule has 0 saturated carbocycles. The van der Waals surface area contributed by atoms with Gasteiger partial charge in [0.05, 0.1) is 12.1 Å². The van der Waals surface area contributed by atoms with Gasteiger partial charge in [-0.25, -0.2) is 13.1 Å². The SMILES string of the molecule is COc1ccc(S(=O)(=O)NCc2ccncc2)c(Cl)c1Cl. The summed E-state index contributed by atoms with van der Waals surface area (Å²) in [5, 5.41) is -0.0100. The lowest BCUT2D eigenvalue weighted by Gasteiger charge is -2.11. The number of ether oxygens (including phenoxy) is 1. The number of hydrogen-bond acceptors (Lipinski definition) is 4. The van der Waals surface area contributed by atoms with E-state index in [1.807, 2.05) is 0 Å². The van der Waals surface area contributed by atoms with Crippen LogP contribution >= 0.6 is 23.2 Å². The van der Waals surface area contributed by atoms with E-state index in [0.717, 1.165) is 5.56 Å². The quantitative estimate of drug-likeness (QED) is 0.903. The van der Waals surface area contributed by atoms with Gasteiger partial charge in [0.2, 0.25) is 10.0 Å². The molecule has 5 nitrogen and oxygen atoms in total. The molecule has 0 unspecified atom stereocenters. The van der Waals surface area contributed by atoms with E-state index in [9.17, 15) is 8.42 Å². The Morgan fingerprint density at radius 1 is 1.14 bits per heavy atom. The Kier molecular flexibility index (Phi) is 5.05. The first-order valence-corrected chi connectivity index (χ1v) is 8.10. The molecule has 2 rings (SSSR count). The zero-order valence-electron chi connectivity index (χ0n) is 11.0. The van der Waals surface area contributed by atoms with E-state index >= 15 is 0 Å². The van der Waals surface area contributed by atoms with Crippen molar-refractivity contribution in [3.8, 4) is 5.75 Å². The molecule has 0 radical (unpaired) electrons. The van der Waals surface area contributed by atoms with Crippen LogP contribution in [0.3, 0.4) is 0 Å². The monoisotopic (exact) mass is 346 g/mol. The third-order valence-corrected chi connectivity index (χ3v) is 5.16. The first-order valence-electron chi connectivity index (χ1n) is 5.86. The summed E-state index contributed by atoms with van der Waals surface area (Å²) < 4.78 is 32.0. The van der Waals surface area contributed by atoms with Crippen molar-refractivity contribution < 1.29 is 13.2 Å². The van der Waals surface area contributed by atoms with Gasteiger partial charge in [0.15, 0.2) is 0 Å². The number of sulfonamides is 1. The first-order chi connectivity index (χ1) is 9.95. The number of aromatic nitrogens is 1. The molecule has 0 aliphatic heterocycles. The van der Waals surface area contributed by atoms with Gasteiger partial charge in [0.25, 0.3) is 0 Å². The van der Waals surface area contributed by atoms with Crippen molar-refractivity contribution in [1.29, 1.82) is 0 Å². The second kappa shape index (κ2) is 6.62. The molecule has 0 amide bonds. The summed E-state index contributed by atoms with van der Waals surface area (Å²) in [5.74, 6) is 0.315. The van der Waals surface area contributed by atoms with Gasteiger partial charge in [-0.2, -0.15) is 0 Å². The molecule has 1 heterocycles. The smallest absolute Gasteiger partial charge is 0.242 e. The maximum Gasteiger partial charge on any atom is 0.242 e. The predicted molar refractivity (Wildman–Crippen MR) is 81.3 cm³/mol. The van der Waals surface area contributed by atoms with Crippen molar-refractivity contribution >= 4 is 33.2 Å². The Hall–Kier alpha value is -1.34. The van der Waals surface area contributed by atoms with Crippen molar-refractivity contribution in [2.24, 2.45) is 0 Å². The molecule has 0 saturated heterocycles. The van der Waals surface area contributed by atoms with Gasteiger partial charge >= 0.3 is 0 Å². The van der Waals surface area contributed by atoms with Gasteiger partial charge in [0, 0.05) is 18.9 Å². The number of rotatable bonds is 5. The molecule has 8 heteroatoms. The number of pyridine rings is 1. The van der Waals surface area contributed by atoms with Gasteiger partial charge < -0.3 is 4.74 Å². The van der Waals surface area contributed by atoms with E-state index in [2.05, 4.69) is 9.71 Å². The number of nitrogens with one attached hydrogen (secondary N) is 1. The molecule has 2 aromatic rings. The van der Waals surface area contributed by atoms with Crippen LogP contribution in [-0.4, -0.2) is 20.5 Å². The molecule has 0 spiro atoms. The second-order valence-corrected chi connectivity index (χ2v) is 6.57. The topological polar surface area (TPSA) is 68.3 Å². The minimum Gasteiger partial charge on any atom is -0.495 e. The summed E-state index contributed by atoms with van der Waals surface area (Å²) in [6.45, 7) is 0.130. The van der Waals surface area contributed by atoms with E-state index in [-0.39, 0.29) is 21.5 Å². The molecule has 0 bridgehead atoms. The lowest BCUT2D eigenvalue weighted by atomic mass is 10.3. The molecule has 0 fully saturated rings. The summed E-state index contributed by atoms with van der Waals surface area (Å²) in [4.78, 5) is 3.77. The Labute approximate surface area is 132 Å². The molecule has 1 aromatic heterocycles. The van der Waals surface area contributed by atoms with Crippen molar-refractivity contribution in [3.63, 3.8) is 0 Å². The summed E-state index contributed by atoms with van der Waals surface area (Å²) in [5.41, 5.74) is 0.782. The molecule has 0 atom stereocenters. The zero-order chi connectivity index (χ0) is 15.5. The summed E-state index contributed by atoms with van der Waals surface area (Å²) in [6.07, 6.45) is 3.17. The van der Waals surface area contributed by atoms with Crippen molar-refractivity contribution in [2.75, 3.05) is 7.11 Å². The Morgan fingerprint density at radius 2 is 1.81 bits per heavy atom. The van der Waals surface area contributed by atoms with Crippen LogP contribution in [0.25, 0.3) is 0 Å². The summed E-state index contributed by atoms with van der Waals surface area (Å²) >= 11 is 12.0. The maximum atomic E-state index is 12.3. The van der Waals surface area contributed by atoms with Crippen molar-refractivity contribution in [1.82, 2.24) is 9.71 Å². The van der Waals surface area contributed by atoms with Crippen molar-refractivity contribution in [2.45, 2.75) is 11.4 Å². The average molecular weight is 347 g/mol. The van der Waals surface area contributed by atoms with Gasteiger partial charge in [-0.1, -0.05) is 23.2 Å².